The van der Waals surface area contributed by atoms with Gasteiger partial charge in [0.25, 0.3) is 0 Å². The van der Waals surface area contributed by atoms with Gasteiger partial charge in [-0.2, -0.15) is 13.2 Å². The minimum Gasteiger partial charge on any atom is -0.236 e. The molecule has 0 bridgehead atoms. The van der Waals surface area contributed by atoms with Crippen molar-refractivity contribution in [1.82, 2.24) is 4.98 Å². The highest BCUT2D eigenvalue weighted by molar-refractivity contribution is 7.21. The molecule has 102 valence electrons. The summed E-state index contributed by atoms with van der Waals surface area (Å²) >= 11 is 1.27. The molecule has 20 heavy (non-hydrogen) atoms. The second-order valence-corrected chi connectivity index (χ2v) is 5.24. The van der Waals surface area contributed by atoms with Crippen molar-refractivity contribution in [2.75, 3.05) is 0 Å². The lowest BCUT2D eigenvalue weighted by Crippen LogP contribution is -2.03. The van der Waals surface area contributed by atoms with Crippen molar-refractivity contribution in [3.63, 3.8) is 0 Å². The van der Waals surface area contributed by atoms with E-state index in [9.17, 15) is 17.6 Å². The molecule has 1 heterocycles. The Hall–Kier alpha value is -1.95. The summed E-state index contributed by atoms with van der Waals surface area (Å²) in [5.74, 6) is -0.366. The van der Waals surface area contributed by atoms with Crippen LogP contribution < -0.4 is 0 Å². The molecule has 1 aromatic heterocycles. The maximum atomic E-state index is 12.8. The molecule has 0 fully saturated rings. The SMILES string of the molecule is Fc1ccc(-c2nc3cc(C(F)(F)F)ccc3s2)cc1. The molecule has 0 unspecified atom stereocenters. The Balaban J connectivity index is 2.09. The van der Waals surface area contributed by atoms with Crippen LogP contribution in [-0.2, 0) is 6.18 Å². The van der Waals surface area contributed by atoms with E-state index in [1.54, 1.807) is 12.1 Å². The molecular formula is C14H7F4NS. The fourth-order valence-corrected chi connectivity index (χ4v) is 2.77. The summed E-state index contributed by atoms with van der Waals surface area (Å²) in [5.41, 5.74) is 0.256. The van der Waals surface area contributed by atoms with Crippen LogP contribution in [0, 0.1) is 5.82 Å². The summed E-state index contributed by atoms with van der Waals surface area (Å²) in [6.45, 7) is 0. The molecule has 0 atom stereocenters. The minimum absolute atomic E-state index is 0.296. The van der Waals surface area contributed by atoms with E-state index < -0.39 is 11.7 Å². The number of alkyl halides is 3. The second kappa shape index (κ2) is 4.56. The minimum atomic E-state index is -4.38. The molecule has 0 spiro atoms. The molecule has 0 radical (unpaired) electrons. The molecule has 0 aliphatic rings. The maximum Gasteiger partial charge on any atom is 0.416 e. The number of thiazole rings is 1. The Labute approximate surface area is 115 Å². The molecule has 6 heteroatoms. The molecule has 0 aliphatic heterocycles. The smallest absolute Gasteiger partial charge is 0.236 e. The summed E-state index contributed by atoms with van der Waals surface area (Å²) in [5, 5.41) is 0.569. The van der Waals surface area contributed by atoms with Crippen LogP contribution in [0.1, 0.15) is 5.56 Å². The van der Waals surface area contributed by atoms with Gasteiger partial charge in [0.15, 0.2) is 0 Å². The topological polar surface area (TPSA) is 12.9 Å². The van der Waals surface area contributed by atoms with Crippen molar-refractivity contribution in [1.29, 1.82) is 0 Å². The highest BCUT2D eigenvalue weighted by Gasteiger charge is 2.30. The van der Waals surface area contributed by atoms with Gasteiger partial charge in [-0.3, -0.25) is 0 Å². The van der Waals surface area contributed by atoms with Crippen molar-refractivity contribution >= 4 is 21.6 Å². The third-order valence-corrected chi connectivity index (χ3v) is 3.89. The number of benzene rings is 2. The van der Waals surface area contributed by atoms with Gasteiger partial charge in [0.1, 0.15) is 10.8 Å². The Bertz CT molecular complexity index is 759. The van der Waals surface area contributed by atoms with E-state index in [0.29, 0.717) is 20.8 Å². The highest BCUT2D eigenvalue weighted by atomic mass is 32.1. The molecule has 0 saturated carbocycles. The van der Waals surface area contributed by atoms with Crippen LogP contribution in [0.2, 0.25) is 0 Å². The van der Waals surface area contributed by atoms with Gasteiger partial charge in [-0.25, -0.2) is 9.37 Å². The van der Waals surface area contributed by atoms with Gasteiger partial charge in [-0.1, -0.05) is 0 Å². The molecule has 0 saturated heterocycles. The molecule has 3 aromatic rings. The van der Waals surface area contributed by atoms with Gasteiger partial charge >= 0.3 is 6.18 Å². The van der Waals surface area contributed by atoms with Crippen molar-refractivity contribution < 1.29 is 17.6 Å². The maximum absolute atomic E-state index is 12.8. The predicted molar refractivity (Wildman–Crippen MR) is 70.0 cm³/mol. The quantitative estimate of drug-likeness (QED) is 0.568. The zero-order valence-corrected chi connectivity index (χ0v) is 10.7. The lowest BCUT2D eigenvalue weighted by atomic mass is 10.2. The van der Waals surface area contributed by atoms with E-state index in [1.807, 2.05) is 0 Å². The van der Waals surface area contributed by atoms with Crippen LogP contribution in [0.15, 0.2) is 42.5 Å². The van der Waals surface area contributed by atoms with E-state index in [-0.39, 0.29) is 5.82 Å². The number of hydrogen-bond acceptors (Lipinski definition) is 2. The van der Waals surface area contributed by atoms with Crippen LogP contribution in [0.3, 0.4) is 0 Å². The molecule has 0 aliphatic carbocycles. The summed E-state index contributed by atoms with van der Waals surface area (Å²) in [4.78, 5) is 4.18. The van der Waals surface area contributed by atoms with Crippen molar-refractivity contribution in [3.05, 3.63) is 53.8 Å². The third kappa shape index (κ3) is 2.38. The van der Waals surface area contributed by atoms with E-state index in [4.69, 9.17) is 0 Å². The second-order valence-electron chi connectivity index (χ2n) is 4.21. The van der Waals surface area contributed by atoms with Crippen LogP contribution in [-0.4, -0.2) is 4.98 Å². The Kier molecular flexibility index (Phi) is 2.97. The lowest BCUT2D eigenvalue weighted by Gasteiger charge is -2.04. The van der Waals surface area contributed by atoms with Gasteiger partial charge in [0.05, 0.1) is 15.8 Å². The first-order chi connectivity index (χ1) is 9.43. The summed E-state index contributed by atoms with van der Waals surface area (Å²) in [6.07, 6.45) is -4.38. The fraction of sp³-hybridized carbons (Fsp3) is 0.0714. The molecule has 3 rings (SSSR count). The molecular weight excluding hydrogens is 290 g/mol. The zero-order chi connectivity index (χ0) is 14.3. The molecule has 2 aromatic carbocycles. The average molecular weight is 297 g/mol. The zero-order valence-electron chi connectivity index (χ0n) is 9.91. The largest absolute Gasteiger partial charge is 0.416 e. The Morgan fingerprint density at radius 3 is 2.30 bits per heavy atom. The van der Waals surface area contributed by atoms with E-state index in [0.717, 1.165) is 12.1 Å². The van der Waals surface area contributed by atoms with Crippen molar-refractivity contribution in [3.8, 4) is 10.6 Å². The summed E-state index contributed by atoms with van der Waals surface area (Å²) < 4.78 is 51.4. The standard InChI is InChI=1S/C14H7F4NS/c15-10-4-1-8(2-5-10)13-19-11-7-9(14(16,17)18)3-6-12(11)20-13/h1-7H. The number of rotatable bonds is 1. The first-order valence-electron chi connectivity index (χ1n) is 5.67. The summed E-state index contributed by atoms with van der Waals surface area (Å²) in [7, 11) is 0. The van der Waals surface area contributed by atoms with Crippen molar-refractivity contribution in [2.24, 2.45) is 0 Å². The number of halogens is 4. The number of hydrogen-bond donors (Lipinski definition) is 0. The Morgan fingerprint density at radius 1 is 0.950 bits per heavy atom. The van der Waals surface area contributed by atoms with E-state index in [2.05, 4.69) is 4.98 Å². The number of fused-ring (bicyclic) bond motifs is 1. The van der Waals surface area contributed by atoms with Gasteiger partial charge in [0.2, 0.25) is 0 Å². The monoisotopic (exact) mass is 297 g/mol. The van der Waals surface area contributed by atoms with Gasteiger partial charge in [-0.05, 0) is 42.5 Å². The van der Waals surface area contributed by atoms with Crippen LogP contribution in [0.4, 0.5) is 17.6 Å². The molecule has 0 N–H and O–H groups in total. The van der Waals surface area contributed by atoms with Gasteiger partial charge in [0, 0.05) is 5.56 Å². The van der Waals surface area contributed by atoms with Crippen LogP contribution in [0.5, 0.6) is 0 Å². The van der Waals surface area contributed by atoms with Crippen LogP contribution >= 0.6 is 11.3 Å². The van der Waals surface area contributed by atoms with E-state index in [1.165, 1.54) is 29.5 Å². The molecule has 1 nitrogen and oxygen atoms in total. The van der Waals surface area contributed by atoms with Gasteiger partial charge in [-0.15, -0.1) is 11.3 Å². The molecule has 0 amide bonds. The fourth-order valence-electron chi connectivity index (χ4n) is 1.82. The first kappa shape index (κ1) is 13.1. The van der Waals surface area contributed by atoms with E-state index >= 15 is 0 Å². The van der Waals surface area contributed by atoms with Crippen molar-refractivity contribution in [2.45, 2.75) is 6.18 Å². The number of aromatic nitrogens is 1. The first-order valence-corrected chi connectivity index (χ1v) is 6.49. The normalized spacial score (nSPS) is 12.0. The number of nitrogens with zero attached hydrogens (tertiary/aromatic N) is 1. The predicted octanol–water partition coefficient (Wildman–Crippen LogP) is 5.12. The Morgan fingerprint density at radius 2 is 1.65 bits per heavy atom. The van der Waals surface area contributed by atoms with Crippen LogP contribution in [0.25, 0.3) is 20.8 Å². The lowest BCUT2D eigenvalue weighted by molar-refractivity contribution is -0.137. The summed E-state index contributed by atoms with van der Waals surface area (Å²) in [6, 6.07) is 9.16. The highest BCUT2D eigenvalue weighted by Crippen LogP contribution is 2.35. The third-order valence-electron chi connectivity index (χ3n) is 2.81. The average Bonchev–Trinajstić information content (AvgIpc) is 2.81. The van der Waals surface area contributed by atoms with Gasteiger partial charge < -0.3 is 0 Å².